The molecule has 0 amide bonds. The number of nitrogens with one attached hydrogen (secondary N) is 1. The molecule has 168 valence electrons. The maximum absolute atomic E-state index is 3.89. The Morgan fingerprint density at radius 3 is 2.58 bits per heavy atom. The molecule has 0 saturated carbocycles. The van der Waals surface area contributed by atoms with Crippen molar-refractivity contribution in [1.29, 1.82) is 0 Å². The summed E-state index contributed by atoms with van der Waals surface area (Å²) in [5, 5.41) is 10.6. The third-order valence-electron chi connectivity index (χ3n) is 7.91. The van der Waals surface area contributed by atoms with Crippen LogP contribution in [0.4, 0.5) is 5.82 Å². The van der Waals surface area contributed by atoms with Gasteiger partial charge in [0.2, 0.25) is 0 Å². The molecule has 2 nitrogen and oxygen atoms in total. The molecule has 1 aliphatic carbocycles. The molecule has 0 fully saturated rings. The number of nitrogens with zero attached hydrogens (tertiary/aromatic N) is 1. The molecule has 4 heterocycles. The fourth-order valence-corrected chi connectivity index (χ4v) is 7.55. The van der Waals surface area contributed by atoms with E-state index in [1.807, 2.05) is 11.3 Å². The molecule has 1 aliphatic heterocycles. The second kappa shape index (κ2) is 6.66. The van der Waals surface area contributed by atoms with Crippen LogP contribution in [0, 0.1) is 0 Å². The summed E-state index contributed by atoms with van der Waals surface area (Å²) in [6.45, 7) is 0. The van der Waals surface area contributed by atoms with Crippen molar-refractivity contribution < 1.29 is 0 Å². The topological polar surface area (TPSA) is 16.4 Å². The number of anilines is 1. The van der Waals surface area contributed by atoms with Crippen LogP contribution < -0.4 is 5.32 Å². The van der Waals surface area contributed by atoms with Crippen LogP contribution in [-0.4, -0.2) is 10.4 Å². The third kappa shape index (κ3) is 2.31. The summed E-state index contributed by atoms with van der Waals surface area (Å²) in [7, 11) is 0. The zero-order chi connectivity index (χ0) is 23.4. The summed E-state index contributed by atoms with van der Waals surface area (Å²) < 4.78 is 5.23. The molecule has 1 atom stereocenters. The van der Waals surface area contributed by atoms with E-state index in [-0.39, 0.29) is 6.04 Å². The first-order valence-electron chi connectivity index (χ1n) is 12.4. The van der Waals surface area contributed by atoms with Crippen LogP contribution in [0.25, 0.3) is 64.6 Å². The van der Waals surface area contributed by atoms with Crippen LogP contribution in [0.1, 0.15) is 5.56 Å². The van der Waals surface area contributed by atoms with E-state index in [0.717, 1.165) is 0 Å². The van der Waals surface area contributed by atoms with Crippen molar-refractivity contribution in [1.82, 2.24) is 4.40 Å². The Bertz CT molecular complexity index is 2120. The normalized spacial score (nSPS) is 16.8. The van der Waals surface area contributed by atoms with Gasteiger partial charge in [0.15, 0.2) is 0 Å². The number of hydrogen-bond donors (Lipinski definition) is 1. The molecule has 2 aliphatic rings. The molecule has 4 aromatic carbocycles. The predicted octanol–water partition coefficient (Wildman–Crippen LogP) is 9.02. The first-order chi connectivity index (χ1) is 17.8. The summed E-state index contributed by atoms with van der Waals surface area (Å²) in [5.74, 6) is 1.20. The molecule has 36 heavy (non-hydrogen) atoms. The average molecular weight is 477 g/mol. The standard InChI is InChI=1S/C33H20N2S/c1-2-8-19(9-3-1)20-14-15-23-28(17-20)35-31-24(26-16-21-10-4-6-12-27(21)34-33(26)35)18-25-22-11-5-7-13-29(22)36-32(25)30(23)31/h1-18,27,34H. The summed E-state index contributed by atoms with van der Waals surface area (Å²) in [6.07, 6.45) is 11.2. The van der Waals surface area contributed by atoms with Crippen LogP contribution in [0.5, 0.6) is 0 Å². The lowest BCUT2D eigenvalue weighted by atomic mass is 9.94. The SMILES string of the molecule is C1=CC2=Cc3c(n4c5cc(-c6ccccc6)ccc5c5c6sc7ccccc7c6cc3c54)NC2C=C1. The number of rotatable bonds is 1. The summed E-state index contributed by atoms with van der Waals surface area (Å²) in [6, 6.07) is 29.2. The Morgan fingerprint density at radius 1 is 0.750 bits per heavy atom. The first-order valence-corrected chi connectivity index (χ1v) is 13.2. The Labute approximate surface area is 211 Å². The molecule has 0 saturated heterocycles. The molecule has 3 heteroatoms. The van der Waals surface area contributed by atoms with Gasteiger partial charge in [-0.05, 0) is 41.0 Å². The highest BCUT2D eigenvalue weighted by atomic mass is 32.1. The molecule has 0 spiro atoms. The minimum absolute atomic E-state index is 0.204. The molecule has 9 rings (SSSR count). The lowest BCUT2D eigenvalue weighted by Crippen LogP contribution is -2.24. The van der Waals surface area contributed by atoms with Gasteiger partial charge < -0.3 is 5.32 Å². The summed E-state index contributed by atoms with van der Waals surface area (Å²) in [4.78, 5) is 0. The molecule has 1 N–H and O–H groups in total. The number of allylic oxidation sites excluding steroid dienone is 2. The minimum atomic E-state index is 0.204. The van der Waals surface area contributed by atoms with Crippen LogP contribution in [0.15, 0.2) is 109 Å². The van der Waals surface area contributed by atoms with Crippen molar-refractivity contribution in [3.8, 4) is 11.1 Å². The second-order valence-electron chi connectivity index (χ2n) is 9.83. The monoisotopic (exact) mass is 476 g/mol. The van der Waals surface area contributed by atoms with Gasteiger partial charge in [-0.3, -0.25) is 4.40 Å². The Kier molecular flexibility index (Phi) is 3.50. The molecule has 1 unspecified atom stereocenters. The van der Waals surface area contributed by atoms with Gasteiger partial charge in [0, 0.05) is 41.9 Å². The van der Waals surface area contributed by atoms with Crippen molar-refractivity contribution in [2.45, 2.75) is 6.04 Å². The minimum Gasteiger partial charge on any atom is -0.360 e. The Balaban J connectivity index is 1.50. The first kappa shape index (κ1) is 18.9. The largest absolute Gasteiger partial charge is 0.360 e. The summed E-state index contributed by atoms with van der Waals surface area (Å²) >= 11 is 1.92. The molecule has 3 aromatic heterocycles. The van der Waals surface area contributed by atoms with E-state index in [1.54, 1.807) is 0 Å². The van der Waals surface area contributed by atoms with Crippen molar-refractivity contribution in [3.63, 3.8) is 0 Å². The van der Waals surface area contributed by atoms with E-state index in [9.17, 15) is 0 Å². The Hall–Kier alpha value is -4.34. The average Bonchev–Trinajstić information content (AvgIpc) is 3.57. The van der Waals surface area contributed by atoms with Gasteiger partial charge >= 0.3 is 0 Å². The number of aromatic nitrogens is 1. The highest BCUT2D eigenvalue weighted by Crippen LogP contribution is 2.50. The number of hydrogen-bond acceptors (Lipinski definition) is 2. The maximum Gasteiger partial charge on any atom is 0.119 e. The van der Waals surface area contributed by atoms with Gasteiger partial charge in [-0.1, -0.05) is 85.0 Å². The van der Waals surface area contributed by atoms with Gasteiger partial charge in [0.1, 0.15) is 5.82 Å². The van der Waals surface area contributed by atoms with Crippen molar-refractivity contribution >= 4 is 70.6 Å². The smallest absolute Gasteiger partial charge is 0.119 e. The van der Waals surface area contributed by atoms with Crippen molar-refractivity contribution in [2.24, 2.45) is 0 Å². The van der Waals surface area contributed by atoms with Crippen molar-refractivity contribution in [3.05, 3.63) is 114 Å². The fourth-order valence-electron chi connectivity index (χ4n) is 6.30. The van der Waals surface area contributed by atoms with E-state index < -0.39 is 0 Å². The highest BCUT2D eigenvalue weighted by molar-refractivity contribution is 7.26. The van der Waals surface area contributed by atoms with Gasteiger partial charge in [-0.15, -0.1) is 11.3 Å². The molecular weight excluding hydrogens is 456 g/mol. The zero-order valence-corrected chi connectivity index (χ0v) is 20.1. The second-order valence-corrected chi connectivity index (χ2v) is 10.9. The number of fused-ring (bicyclic) bond motifs is 11. The lowest BCUT2D eigenvalue weighted by Gasteiger charge is -2.25. The van der Waals surface area contributed by atoms with Crippen LogP contribution in [0.2, 0.25) is 0 Å². The van der Waals surface area contributed by atoms with Gasteiger partial charge in [0.05, 0.1) is 17.1 Å². The predicted molar refractivity (Wildman–Crippen MR) is 156 cm³/mol. The third-order valence-corrected chi connectivity index (χ3v) is 9.12. The van der Waals surface area contributed by atoms with E-state index in [0.29, 0.717) is 0 Å². The van der Waals surface area contributed by atoms with Crippen molar-refractivity contribution in [2.75, 3.05) is 5.32 Å². The number of benzene rings is 4. The summed E-state index contributed by atoms with van der Waals surface area (Å²) in [5.41, 5.74) is 7.71. The quantitative estimate of drug-likeness (QED) is 0.250. The Morgan fingerprint density at radius 2 is 1.64 bits per heavy atom. The zero-order valence-electron chi connectivity index (χ0n) is 19.3. The van der Waals surface area contributed by atoms with Gasteiger partial charge in [-0.2, -0.15) is 0 Å². The molecule has 0 bridgehead atoms. The molecule has 7 aromatic rings. The highest BCUT2D eigenvalue weighted by Gasteiger charge is 2.29. The number of thiophene rings is 1. The molecular formula is C33H20N2S. The van der Waals surface area contributed by atoms with Crippen LogP contribution in [0.3, 0.4) is 0 Å². The van der Waals surface area contributed by atoms with Crippen LogP contribution >= 0.6 is 11.3 Å². The van der Waals surface area contributed by atoms with E-state index in [2.05, 4.69) is 119 Å². The fraction of sp³-hybridized carbons (Fsp3) is 0.0303. The van der Waals surface area contributed by atoms with Gasteiger partial charge in [-0.25, -0.2) is 0 Å². The van der Waals surface area contributed by atoms with Crippen LogP contribution in [-0.2, 0) is 0 Å². The van der Waals surface area contributed by atoms with Gasteiger partial charge in [0.25, 0.3) is 0 Å². The van der Waals surface area contributed by atoms with E-state index in [1.165, 1.54) is 75.4 Å². The molecule has 0 radical (unpaired) electrons. The van der Waals surface area contributed by atoms with E-state index >= 15 is 0 Å². The van der Waals surface area contributed by atoms with E-state index in [4.69, 9.17) is 0 Å². The maximum atomic E-state index is 3.89. The lowest BCUT2D eigenvalue weighted by molar-refractivity contribution is 1.01.